The SMILES string of the molecule is c1ccc(-n2c3ccccc3c3c(-n4c5ccccc5c5ccccc54)c(-c4ccc5oc6cnc(-n7c8ccccc8c8ccccc87)nc6c5c4)ccc32)cc1. The first-order valence-electron chi connectivity index (χ1n) is 19.6. The van der Waals surface area contributed by atoms with Crippen LogP contribution in [-0.2, 0) is 0 Å². The molecule has 0 bridgehead atoms. The normalized spacial score (nSPS) is 12.1. The van der Waals surface area contributed by atoms with Crippen LogP contribution in [0.5, 0.6) is 0 Å². The second-order valence-corrected chi connectivity index (χ2v) is 15.0. The third-order valence-electron chi connectivity index (χ3n) is 11.9. The maximum absolute atomic E-state index is 6.45. The molecule has 6 heteroatoms. The van der Waals surface area contributed by atoms with E-state index in [1.807, 2.05) is 6.20 Å². The van der Waals surface area contributed by atoms with Gasteiger partial charge < -0.3 is 13.6 Å². The van der Waals surface area contributed by atoms with Crippen molar-refractivity contribution in [3.8, 4) is 28.5 Å². The summed E-state index contributed by atoms with van der Waals surface area (Å²) in [5.41, 5.74) is 13.4. The van der Waals surface area contributed by atoms with Crippen LogP contribution in [0.15, 0.2) is 193 Å². The van der Waals surface area contributed by atoms with Gasteiger partial charge in [0.15, 0.2) is 5.58 Å². The van der Waals surface area contributed by atoms with E-state index in [9.17, 15) is 0 Å². The van der Waals surface area contributed by atoms with Gasteiger partial charge in [-0.05, 0) is 66.2 Å². The lowest BCUT2D eigenvalue weighted by molar-refractivity contribution is 0.665. The quantitative estimate of drug-likeness (QED) is 0.180. The van der Waals surface area contributed by atoms with Crippen LogP contribution in [0.25, 0.3) is 116 Å². The Morgan fingerprint density at radius 3 is 1.55 bits per heavy atom. The Morgan fingerprint density at radius 1 is 0.397 bits per heavy atom. The van der Waals surface area contributed by atoms with Crippen LogP contribution >= 0.6 is 0 Å². The van der Waals surface area contributed by atoms with Gasteiger partial charge in [-0.1, -0.05) is 121 Å². The molecule has 13 aromatic rings. The highest BCUT2D eigenvalue weighted by molar-refractivity contribution is 6.19. The number of furan rings is 1. The summed E-state index contributed by atoms with van der Waals surface area (Å²) in [5, 5.41) is 8.11. The van der Waals surface area contributed by atoms with Gasteiger partial charge in [0.2, 0.25) is 5.95 Å². The molecule has 0 aliphatic carbocycles. The minimum Gasteiger partial charge on any atom is -0.453 e. The number of benzene rings is 8. The van der Waals surface area contributed by atoms with E-state index in [1.54, 1.807) is 0 Å². The van der Waals surface area contributed by atoms with E-state index >= 15 is 0 Å². The minimum absolute atomic E-state index is 0.610. The molecule has 0 aliphatic heterocycles. The molecule has 0 aliphatic rings. The molecule has 0 N–H and O–H groups in total. The third-order valence-corrected chi connectivity index (χ3v) is 11.9. The van der Waals surface area contributed by atoms with Crippen LogP contribution in [0.1, 0.15) is 0 Å². The summed E-state index contributed by atoms with van der Waals surface area (Å²) in [5.74, 6) is 0.610. The summed E-state index contributed by atoms with van der Waals surface area (Å²) < 4.78 is 13.5. The summed E-state index contributed by atoms with van der Waals surface area (Å²) in [6, 6.07) is 64.9. The highest BCUT2D eigenvalue weighted by atomic mass is 16.3. The number of hydrogen-bond acceptors (Lipinski definition) is 3. The van der Waals surface area contributed by atoms with Crippen molar-refractivity contribution in [2.75, 3.05) is 0 Å². The Bertz CT molecular complexity index is 3700. The van der Waals surface area contributed by atoms with Crippen LogP contribution in [0.2, 0.25) is 0 Å². The summed E-state index contributed by atoms with van der Waals surface area (Å²) in [6.07, 6.45) is 1.81. The highest BCUT2D eigenvalue weighted by Crippen LogP contribution is 2.45. The van der Waals surface area contributed by atoms with Crippen molar-refractivity contribution < 1.29 is 4.42 Å². The first-order valence-corrected chi connectivity index (χ1v) is 19.6. The van der Waals surface area contributed by atoms with E-state index in [0.717, 1.165) is 72.1 Å². The van der Waals surface area contributed by atoms with E-state index in [4.69, 9.17) is 14.4 Å². The molecule has 270 valence electrons. The molecule has 5 heterocycles. The van der Waals surface area contributed by atoms with Gasteiger partial charge in [0.05, 0.1) is 45.0 Å². The molecule has 58 heavy (non-hydrogen) atoms. The lowest BCUT2D eigenvalue weighted by Gasteiger charge is -2.17. The van der Waals surface area contributed by atoms with Gasteiger partial charge in [-0.25, -0.2) is 9.97 Å². The largest absolute Gasteiger partial charge is 0.453 e. The van der Waals surface area contributed by atoms with Gasteiger partial charge in [0, 0.05) is 49.0 Å². The summed E-state index contributed by atoms with van der Waals surface area (Å²) in [6.45, 7) is 0. The van der Waals surface area contributed by atoms with Crippen molar-refractivity contribution in [1.29, 1.82) is 0 Å². The monoisotopic (exact) mass is 741 g/mol. The van der Waals surface area contributed by atoms with Crippen LogP contribution in [0.4, 0.5) is 0 Å². The average molecular weight is 742 g/mol. The van der Waals surface area contributed by atoms with Crippen molar-refractivity contribution in [2.45, 2.75) is 0 Å². The smallest absolute Gasteiger partial charge is 0.235 e. The number of aromatic nitrogens is 5. The summed E-state index contributed by atoms with van der Waals surface area (Å²) >= 11 is 0. The molecule has 6 nitrogen and oxygen atoms in total. The minimum atomic E-state index is 0.610. The number of rotatable bonds is 4. The topological polar surface area (TPSA) is 53.7 Å². The van der Waals surface area contributed by atoms with E-state index < -0.39 is 0 Å². The zero-order chi connectivity index (χ0) is 37.9. The Morgan fingerprint density at radius 2 is 0.931 bits per heavy atom. The molecule has 0 fully saturated rings. The maximum Gasteiger partial charge on any atom is 0.235 e. The number of para-hydroxylation sites is 6. The van der Waals surface area contributed by atoms with Crippen molar-refractivity contribution >= 4 is 87.5 Å². The third kappa shape index (κ3) is 4.26. The fourth-order valence-electron chi connectivity index (χ4n) is 9.49. The van der Waals surface area contributed by atoms with Crippen LogP contribution < -0.4 is 0 Å². The number of fused-ring (bicyclic) bond motifs is 12. The molecule has 0 saturated heterocycles. The molecule has 0 atom stereocenters. The second-order valence-electron chi connectivity index (χ2n) is 15.0. The molecular weight excluding hydrogens is 711 g/mol. The fraction of sp³-hybridized carbons (Fsp3) is 0. The summed E-state index contributed by atoms with van der Waals surface area (Å²) in [7, 11) is 0. The summed E-state index contributed by atoms with van der Waals surface area (Å²) in [4.78, 5) is 10.1. The Kier molecular flexibility index (Phi) is 6.35. The first kappa shape index (κ1) is 31.3. The standard InChI is InChI=1S/C52H31N5O/c1-2-14-33(15-3-1)55-45-25-13-8-20-39(45)49-46(55)28-27-34(51(49)56-41-21-9-4-16-35(41)36-17-5-10-22-42(36)56)32-26-29-47-40(30-32)50-48(58-47)31-53-52(54-50)57-43-23-11-6-18-37(43)38-19-7-12-24-44(38)57/h1-31H. The zero-order valence-electron chi connectivity index (χ0n) is 31.0. The van der Waals surface area contributed by atoms with Gasteiger partial charge in [-0.3, -0.25) is 4.57 Å². The predicted molar refractivity (Wildman–Crippen MR) is 238 cm³/mol. The number of hydrogen-bond donors (Lipinski definition) is 0. The Hall–Kier alpha value is -7.96. The van der Waals surface area contributed by atoms with Crippen molar-refractivity contribution in [2.24, 2.45) is 0 Å². The van der Waals surface area contributed by atoms with E-state index in [1.165, 1.54) is 32.3 Å². The maximum atomic E-state index is 6.45. The molecule has 0 spiro atoms. The Labute approximate surface area is 331 Å². The lowest BCUT2D eigenvalue weighted by atomic mass is 9.98. The molecule has 8 aromatic carbocycles. The molecule has 0 radical (unpaired) electrons. The molecular formula is C52H31N5O. The predicted octanol–water partition coefficient (Wildman–Crippen LogP) is 13.3. The molecule has 5 aromatic heterocycles. The van der Waals surface area contributed by atoms with E-state index in [0.29, 0.717) is 11.5 Å². The lowest BCUT2D eigenvalue weighted by Crippen LogP contribution is -2.00. The van der Waals surface area contributed by atoms with Gasteiger partial charge in [0.25, 0.3) is 0 Å². The van der Waals surface area contributed by atoms with Crippen LogP contribution in [-0.4, -0.2) is 23.7 Å². The van der Waals surface area contributed by atoms with Gasteiger partial charge in [-0.15, -0.1) is 0 Å². The van der Waals surface area contributed by atoms with Crippen molar-refractivity contribution in [3.63, 3.8) is 0 Å². The van der Waals surface area contributed by atoms with Gasteiger partial charge >= 0.3 is 0 Å². The zero-order valence-corrected chi connectivity index (χ0v) is 31.0. The second kappa shape index (κ2) is 11.8. The van der Waals surface area contributed by atoms with E-state index in [2.05, 4.69) is 196 Å². The van der Waals surface area contributed by atoms with Gasteiger partial charge in [0.1, 0.15) is 11.1 Å². The van der Waals surface area contributed by atoms with E-state index in [-0.39, 0.29) is 0 Å². The highest BCUT2D eigenvalue weighted by Gasteiger charge is 2.24. The molecule has 0 amide bonds. The molecule has 0 saturated carbocycles. The average Bonchev–Trinajstić information content (AvgIpc) is 4.02. The Balaban J connectivity index is 1.13. The fourth-order valence-corrected chi connectivity index (χ4v) is 9.49. The van der Waals surface area contributed by atoms with Crippen molar-refractivity contribution in [1.82, 2.24) is 23.7 Å². The van der Waals surface area contributed by atoms with Crippen LogP contribution in [0.3, 0.4) is 0 Å². The number of nitrogens with zero attached hydrogens (tertiary/aromatic N) is 5. The molecule has 0 unspecified atom stereocenters. The molecule has 13 rings (SSSR count). The van der Waals surface area contributed by atoms with Crippen LogP contribution in [0, 0.1) is 0 Å². The first-order chi connectivity index (χ1) is 28.8. The van der Waals surface area contributed by atoms with Crippen molar-refractivity contribution in [3.05, 3.63) is 188 Å². The van der Waals surface area contributed by atoms with Gasteiger partial charge in [-0.2, -0.15) is 0 Å².